The highest BCUT2D eigenvalue weighted by Gasteiger charge is 2.41. The normalized spacial score (nSPS) is 17.2. The maximum absolute atomic E-state index is 9.96. The van der Waals surface area contributed by atoms with E-state index in [-0.39, 0.29) is 11.5 Å². The van der Waals surface area contributed by atoms with Crippen molar-refractivity contribution < 1.29 is 15.3 Å². The number of fused-ring (bicyclic) bond motifs is 1. The van der Waals surface area contributed by atoms with Crippen LogP contribution < -0.4 is 0 Å². The van der Waals surface area contributed by atoms with E-state index in [1.54, 1.807) is 18.2 Å². The van der Waals surface area contributed by atoms with E-state index in [2.05, 4.69) is 0 Å². The Morgan fingerprint density at radius 1 is 1.06 bits per heavy atom. The van der Waals surface area contributed by atoms with Gasteiger partial charge in [-0.05, 0) is 41.8 Å². The molecule has 1 aliphatic carbocycles. The molecule has 0 atom stereocenters. The first-order valence-corrected chi connectivity index (χ1v) is 5.73. The van der Waals surface area contributed by atoms with Gasteiger partial charge in [-0.3, -0.25) is 0 Å². The minimum atomic E-state index is -0.656. The first kappa shape index (κ1) is 10.4. The predicted octanol–water partition coefficient (Wildman–Crippen LogP) is 2.32. The first-order valence-electron chi connectivity index (χ1n) is 5.73. The summed E-state index contributed by atoms with van der Waals surface area (Å²) in [4.78, 5) is 0. The summed E-state index contributed by atoms with van der Waals surface area (Å²) in [5.41, 5.74) is 0.0652. The van der Waals surface area contributed by atoms with Crippen molar-refractivity contribution in [1.82, 2.24) is 0 Å². The van der Waals surface area contributed by atoms with Crippen molar-refractivity contribution in [2.24, 2.45) is 0 Å². The summed E-state index contributed by atoms with van der Waals surface area (Å²) in [6.45, 7) is 0. The molecule has 2 aromatic carbocycles. The van der Waals surface area contributed by atoms with Gasteiger partial charge in [0.1, 0.15) is 11.5 Å². The Bertz CT molecular complexity index is 580. The van der Waals surface area contributed by atoms with Crippen LogP contribution in [0.1, 0.15) is 18.4 Å². The number of hydrogen-bond acceptors (Lipinski definition) is 3. The third kappa shape index (κ3) is 1.83. The third-order valence-corrected chi connectivity index (χ3v) is 3.42. The van der Waals surface area contributed by atoms with Crippen LogP contribution in [0.15, 0.2) is 30.3 Å². The molecule has 0 aromatic heterocycles. The van der Waals surface area contributed by atoms with Gasteiger partial charge in [-0.15, -0.1) is 0 Å². The van der Waals surface area contributed by atoms with Gasteiger partial charge >= 0.3 is 0 Å². The van der Waals surface area contributed by atoms with Crippen molar-refractivity contribution in [2.75, 3.05) is 0 Å². The lowest BCUT2D eigenvalue weighted by Crippen LogP contribution is -2.11. The summed E-state index contributed by atoms with van der Waals surface area (Å²) in [6, 6.07) is 8.51. The quantitative estimate of drug-likeness (QED) is 0.742. The van der Waals surface area contributed by atoms with Crippen molar-refractivity contribution in [1.29, 1.82) is 0 Å². The summed E-state index contributed by atoms with van der Waals surface area (Å²) >= 11 is 0. The summed E-state index contributed by atoms with van der Waals surface area (Å²) in [5, 5.41) is 31.1. The number of benzene rings is 2. The number of phenols is 2. The molecule has 0 spiro atoms. The van der Waals surface area contributed by atoms with Crippen LogP contribution in [0.25, 0.3) is 10.8 Å². The maximum Gasteiger partial charge on any atom is 0.119 e. The van der Waals surface area contributed by atoms with E-state index in [0.29, 0.717) is 6.42 Å². The van der Waals surface area contributed by atoms with Crippen LogP contribution in [-0.4, -0.2) is 20.9 Å². The molecule has 1 fully saturated rings. The molecule has 2 aromatic rings. The molecule has 1 saturated carbocycles. The molecule has 88 valence electrons. The summed E-state index contributed by atoms with van der Waals surface area (Å²) in [6.07, 6.45) is 2.00. The van der Waals surface area contributed by atoms with Crippen LogP contribution in [-0.2, 0) is 6.42 Å². The van der Waals surface area contributed by atoms with Gasteiger partial charge in [0.25, 0.3) is 0 Å². The highest BCUT2D eigenvalue weighted by molar-refractivity contribution is 5.89. The fourth-order valence-corrected chi connectivity index (χ4v) is 2.19. The van der Waals surface area contributed by atoms with E-state index in [0.717, 1.165) is 29.2 Å². The van der Waals surface area contributed by atoms with Gasteiger partial charge in [-0.2, -0.15) is 0 Å². The third-order valence-electron chi connectivity index (χ3n) is 3.42. The molecule has 0 unspecified atom stereocenters. The van der Waals surface area contributed by atoms with E-state index in [9.17, 15) is 15.3 Å². The second-order valence-electron chi connectivity index (χ2n) is 4.87. The van der Waals surface area contributed by atoms with Crippen LogP contribution >= 0.6 is 0 Å². The molecule has 1 aliphatic rings. The Kier molecular flexibility index (Phi) is 2.07. The van der Waals surface area contributed by atoms with Gasteiger partial charge < -0.3 is 15.3 Å². The van der Waals surface area contributed by atoms with Crippen molar-refractivity contribution in [2.45, 2.75) is 24.9 Å². The van der Waals surface area contributed by atoms with Crippen molar-refractivity contribution >= 4 is 10.8 Å². The zero-order valence-corrected chi connectivity index (χ0v) is 9.35. The van der Waals surface area contributed by atoms with Crippen molar-refractivity contribution in [3.8, 4) is 11.5 Å². The molecule has 0 heterocycles. The van der Waals surface area contributed by atoms with Gasteiger partial charge in [0.2, 0.25) is 0 Å². The average Bonchev–Trinajstić information content (AvgIpc) is 3.01. The fourth-order valence-electron chi connectivity index (χ4n) is 2.19. The Morgan fingerprint density at radius 2 is 1.76 bits per heavy atom. The molecule has 17 heavy (non-hydrogen) atoms. The van der Waals surface area contributed by atoms with Gasteiger partial charge in [-0.25, -0.2) is 0 Å². The lowest BCUT2D eigenvalue weighted by molar-refractivity contribution is 0.150. The molecule has 3 rings (SSSR count). The molecular weight excluding hydrogens is 216 g/mol. The van der Waals surface area contributed by atoms with E-state index in [4.69, 9.17) is 0 Å². The number of phenolic OH excluding ortho intramolecular Hbond substituents is 2. The van der Waals surface area contributed by atoms with Crippen LogP contribution in [0.2, 0.25) is 0 Å². The molecule has 0 radical (unpaired) electrons. The molecule has 3 nitrogen and oxygen atoms in total. The Hall–Kier alpha value is -1.74. The topological polar surface area (TPSA) is 60.7 Å². The zero-order chi connectivity index (χ0) is 12.0. The van der Waals surface area contributed by atoms with Gasteiger partial charge in [-0.1, -0.05) is 12.1 Å². The number of rotatable bonds is 2. The highest BCUT2D eigenvalue weighted by Crippen LogP contribution is 2.42. The summed E-state index contributed by atoms with van der Waals surface area (Å²) < 4.78 is 0. The monoisotopic (exact) mass is 230 g/mol. The van der Waals surface area contributed by atoms with E-state index in [1.165, 1.54) is 0 Å². The molecule has 0 amide bonds. The Balaban J connectivity index is 2.19. The maximum atomic E-state index is 9.96. The summed E-state index contributed by atoms with van der Waals surface area (Å²) in [7, 11) is 0. The first-order chi connectivity index (χ1) is 8.07. The van der Waals surface area contributed by atoms with Gasteiger partial charge in [0.15, 0.2) is 0 Å². The number of aromatic hydroxyl groups is 2. The van der Waals surface area contributed by atoms with Crippen LogP contribution in [0, 0.1) is 0 Å². The van der Waals surface area contributed by atoms with Gasteiger partial charge in [0, 0.05) is 12.0 Å². The smallest absolute Gasteiger partial charge is 0.119 e. The molecular formula is C14H14O3. The lowest BCUT2D eigenvalue weighted by atomic mass is 9.97. The van der Waals surface area contributed by atoms with E-state index < -0.39 is 5.60 Å². The minimum Gasteiger partial charge on any atom is -0.508 e. The van der Waals surface area contributed by atoms with Crippen LogP contribution in [0.5, 0.6) is 11.5 Å². The predicted molar refractivity (Wildman–Crippen MR) is 65.2 cm³/mol. The van der Waals surface area contributed by atoms with E-state index in [1.807, 2.05) is 12.1 Å². The largest absolute Gasteiger partial charge is 0.508 e. The standard InChI is InChI=1S/C14H14O3/c15-10-3-1-9-2-4-13(16)12(11(9)7-10)8-14(17)5-6-14/h1-4,7,15-17H,5-6,8H2. The fraction of sp³-hybridized carbons (Fsp3) is 0.286. The van der Waals surface area contributed by atoms with Crippen LogP contribution in [0.3, 0.4) is 0 Å². The van der Waals surface area contributed by atoms with Crippen LogP contribution in [0.4, 0.5) is 0 Å². The second kappa shape index (κ2) is 3.37. The SMILES string of the molecule is Oc1ccc2ccc(O)c(CC3(O)CC3)c2c1. The summed E-state index contributed by atoms with van der Waals surface area (Å²) in [5.74, 6) is 0.357. The number of hydrogen-bond donors (Lipinski definition) is 3. The second-order valence-corrected chi connectivity index (χ2v) is 4.87. The minimum absolute atomic E-state index is 0.173. The molecule has 0 saturated heterocycles. The number of aliphatic hydroxyl groups is 1. The highest BCUT2D eigenvalue weighted by atomic mass is 16.3. The molecule has 3 N–H and O–H groups in total. The Morgan fingerprint density at radius 3 is 2.47 bits per heavy atom. The van der Waals surface area contributed by atoms with Crippen molar-refractivity contribution in [3.63, 3.8) is 0 Å². The average molecular weight is 230 g/mol. The molecule has 3 heteroatoms. The van der Waals surface area contributed by atoms with Crippen molar-refractivity contribution in [3.05, 3.63) is 35.9 Å². The molecule has 0 aliphatic heterocycles. The lowest BCUT2D eigenvalue weighted by Gasteiger charge is -2.12. The van der Waals surface area contributed by atoms with Gasteiger partial charge in [0.05, 0.1) is 5.60 Å². The zero-order valence-electron chi connectivity index (χ0n) is 9.35. The van der Waals surface area contributed by atoms with E-state index >= 15 is 0 Å². The Labute approximate surface area is 98.9 Å². The molecule has 0 bridgehead atoms.